The van der Waals surface area contributed by atoms with Crippen LogP contribution >= 0.6 is 0 Å². The molecule has 7 heteroatoms. The van der Waals surface area contributed by atoms with Crippen LogP contribution in [-0.4, -0.2) is 29.1 Å². The van der Waals surface area contributed by atoms with Crippen molar-refractivity contribution in [3.05, 3.63) is 65.7 Å². The number of aliphatic imine (C=N–C) groups is 1. The molecular weight excluding hydrogens is 476 g/mol. The Kier molecular flexibility index (Phi) is 8.05. The van der Waals surface area contributed by atoms with E-state index in [-0.39, 0.29) is 29.0 Å². The molecule has 2 aromatic carbocycles. The Hall–Kier alpha value is -3.48. The van der Waals surface area contributed by atoms with Gasteiger partial charge in [-0.1, -0.05) is 38.6 Å². The summed E-state index contributed by atoms with van der Waals surface area (Å²) in [4.78, 5) is 15.4. The SMILES string of the molecule is C=C(NC1CC(C)(C)Oc2ccccc21)c1ccc2c(c1)CCC(C)O2.CCC1(CC)CC(=O)NC(N)=N1. The van der Waals surface area contributed by atoms with Crippen LogP contribution in [0.25, 0.3) is 5.70 Å². The van der Waals surface area contributed by atoms with E-state index in [0.29, 0.717) is 12.5 Å². The second-order valence-corrected chi connectivity index (χ2v) is 11.2. The molecule has 0 saturated heterocycles. The first-order valence-electron chi connectivity index (χ1n) is 13.7. The number of nitrogens with two attached hydrogens (primary N) is 1. The highest BCUT2D eigenvalue weighted by atomic mass is 16.5. The summed E-state index contributed by atoms with van der Waals surface area (Å²) in [7, 11) is 0. The average molecular weight is 519 g/mol. The third-order valence-corrected chi connectivity index (χ3v) is 7.71. The zero-order valence-electron chi connectivity index (χ0n) is 23.4. The van der Waals surface area contributed by atoms with Gasteiger partial charge >= 0.3 is 0 Å². The Balaban J connectivity index is 0.000000236. The van der Waals surface area contributed by atoms with Crippen LogP contribution in [0.1, 0.15) is 89.5 Å². The van der Waals surface area contributed by atoms with Crippen LogP contribution < -0.4 is 25.8 Å². The van der Waals surface area contributed by atoms with Crippen molar-refractivity contribution in [1.82, 2.24) is 10.6 Å². The van der Waals surface area contributed by atoms with E-state index in [9.17, 15) is 4.79 Å². The molecule has 0 saturated carbocycles. The predicted molar refractivity (Wildman–Crippen MR) is 153 cm³/mol. The highest BCUT2D eigenvalue weighted by molar-refractivity contribution is 5.98. The number of hydrogen-bond donors (Lipinski definition) is 3. The molecule has 3 aliphatic heterocycles. The van der Waals surface area contributed by atoms with Crippen molar-refractivity contribution >= 4 is 17.6 Å². The molecule has 0 radical (unpaired) electrons. The maximum Gasteiger partial charge on any atom is 0.229 e. The fourth-order valence-corrected chi connectivity index (χ4v) is 5.40. The minimum atomic E-state index is -0.244. The van der Waals surface area contributed by atoms with Gasteiger partial charge in [0.1, 0.15) is 17.1 Å². The zero-order chi connectivity index (χ0) is 27.5. The number of carbonyl (C=O) groups is 1. The van der Waals surface area contributed by atoms with Crippen molar-refractivity contribution < 1.29 is 14.3 Å². The second kappa shape index (κ2) is 11.1. The maximum atomic E-state index is 11.1. The lowest BCUT2D eigenvalue weighted by molar-refractivity contribution is -0.121. The van der Waals surface area contributed by atoms with Gasteiger partial charge in [0.2, 0.25) is 5.91 Å². The standard InChI is InChI=1S/C23H27NO2.C8H15N3O/c1-15-9-10-18-13-17(11-12-21(18)25-15)16(2)24-20-14-23(3,4)26-22-8-6-5-7-19(20)22;1-3-8(4-2)5-6(12)10-7(9)11-8/h5-8,11-13,15,20,24H,2,9-10,14H2,1,3-4H3;3-5H2,1-2H3,(H3,9,10,11,12). The van der Waals surface area contributed by atoms with Crippen molar-refractivity contribution in [1.29, 1.82) is 0 Å². The van der Waals surface area contributed by atoms with Gasteiger partial charge in [-0.3, -0.25) is 10.1 Å². The van der Waals surface area contributed by atoms with Gasteiger partial charge in [-0.05, 0) is 81.8 Å². The van der Waals surface area contributed by atoms with Crippen molar-refractivity contribution in [2.45, 2.75) is 96.4 Å². The number of para-hydroxylation sites is 1. The van der Waals surface area contributed by atoms with Gasteiger partial charge < -0.3 is 20.5 Å². The molecule has 2 aromatic rings. The lowest BCUT2D eigenvalue weighted by atomic mass is 9.88. The molecule has 3 aliphatic rings. The average Bonchev–Trinajstić information content (AvgIpc) is 2.87. The number of benzene rings is 2. The smallest absolute Gasteiger partial charge is 0.229 e. The zero-order valence-corrected chi connectivity index (χ0v) is 23.4. The van der Waals surface area contributed by atoms with Crippen molar-refractivity contribution in [3.8, 4) is 11.5 Å². The molecule has 0 spiro atoms. The van der Waals surface area contributed by atoms with E-state index < -0.39 is 0 Å². The molecule has 1 amide bonds. The van der Waals surface area contributed by atoms with Crippen LogP contribution in [-0.2, 0) is 11.2 Å². The Morgan fingerprint density at radius 3 is 2.63 bits per heavy atom. The normalized spacial score (nSPS) is 22.6. The Morgan fingerprint density at radius 2 is 1.92 bits per heavy atom. The van der Waals surface area contributed by atoms with E-state index >= 15 is 0 Å². The summed E-state index contributed by atoms with van der Waals surface area (Å²) in [6, 6.07) is 14.9. The van der Waals surface area contributed by atoms with Gasteiger partial charge in [-0.15, -0.1) is 0 Å². The van der Waals surface area contributed by atoms with Gasteiger partial charge in [0.15, 0.2) is 5.96 Å². The van der Waals surface area contributed by atoms with Gasteiger partial charge in [0, 0.05) is 17.7 Å². The molecule has 4 N–H and O–H groups in total. The molecule has 0 aliphatic carbocycles. The third kappa shape index (κ3) is 6.32. The molecule has 2 atom stereocenters. The first-order valence-corrected chi connectivity index (χ1v) is 13.7. The third-order valence-electron chi connectivity index (χ3n) is 7.71. The number of hydrogen-bond acceptors (Lipinski definition) is 6. The number of guanidine groups is 1. The summed E-state index contributed by atoms with van der Waals surface area (Å²) in [5.74, 6) is 2.21. The highest BCUT2D eigenvalue weighted by Crippen LogP contribution is 2.40. The van der Waals surface area contributed by atoms with Gasteiger partial charge in [-0.25, -0.2) is 4.99 Å². The first kappa shape index (κ1) is 27.6. The number of aryl methyl sites for hydroxylation is 1. The summed E-state index contributed by atoms with van der Waals surface area (Å²) in [6.07, 6.45) is 5.50. The molecule has 0 fully saturated rings. The molecule has 7 nitrogen and oxygen atoms in total. The summed E-state index contributed by atoms with van der Waals surface area (Å²) < 4.78 is 12.1. The van der Waals surface area contributed by atoms with Crippen LogP contribution in [0.15, 0.2) is 54.0 Å². The molecule has 5 rings (SSSR count). The van der Waals surface area contributed by atoms with Gasteiger partial charge in [-0.2, -0.15) is 0 Å². The van der Waals surface area contributed by atoms with E-state index in [1.807, 2.05) is 26.0 Å². The molecule has 0 bridgehead atoms. The van der Waals surface area contributed by atoms with E-state index in [4.69, 9.17) is 15.2 Å². The number of ether oxygens (including phenoxy) is 2. The van der Waals surface area contributed by atoms with E-state index in [2.05, 4.69) is 73.3 Å². The maximum absolute atomic E-state index is 11.1. The van der Waals surface area contributed by atoms with Gasteiger partial charge in [0.25, 0.3) is 0 Å². The van der Waals surface area contributed by atoms with Crippen LogP contribution in [0.2, 0.25) is 0 Å². The Morgan fingerprint density at radius 1 is 1.18 bits per heavy atom. The highest BCUT2D eigenvalue weighted by Gasteiger charge is 2.34. The van der Waals surface area contributed by atoms with Gasteiger partial charge in [0.05, 0.1) is 24.1 Å². The lowest BCUT2D eigenvalue weighted by Gasteiger charge is -2.38. The molecule has 3 heterocycles. The van der Waals surface area contributed by atoms with Crippen LogP contribution in [0, 0.1) is 0 Å². The number of fused-ring (bicyclic) bond motifs is 2. The Labute approximate surface area is 226 Å². The summed E-state index contributed by atoms with van der Waals surface area (Å²) in [5, 5.41) is 6.14. The number of amides is 1. The monoisotopic (exact) mass is 518 g/mol. The molecule has 204 valence electrons. The van der Waals surface area contributed by atoms with E-state index in [0.717, 1.165) is 54.9 Å². The number of rotatable bonds is 5. The van der Waals surface area contributed by atoms with Crippen molar-refractivity contribution in [2.75, 3.05) is 0 Å². The molecular formula is C31H42N4O3. The summed E-state index contributed by atoms with van der Waals surface area (Å²) in [5.41, 5.74) is 9.57. The molecule has 38 heavy (non-hydrogen) atoms. The number of nitrogens with one attached hydrogen (secondary N) is 2. The van der Waals surface area contributed by atoms with E-state index in [1.165, 1.54) is 11.1 Å². The minimum absolute atomic E-state index is 0.0220. The van der Waals surface area contributed by atoms with E-state index in [1.54, 1.807) is 0 Å². The lowest BCUT2D eigenvalue weighted by Crippen LogP contribution is -2.48. The van der Waals surface area contributed by atoms with Crippen LogP contribution in [0.4, 0.5) is 0 Å². The first-order chi connectivity index (χ1) is 18.0. The fourth-order valence-electron chi connectivity index (χ4n) is 5.40. The largest absolute Gasteiger partial charge is 0.490 e. The van der Waals surface area contributed by atoms with Crippen LogP contribution in [0.5, 0.6) is 11.5 Å². The molecule has 0 aromatic heterocycles. The Bertz CT molecular complexity index is 1220. The quantitative estimate of drug-likeness (QED) is 0.476. The second-order valence-electron chi connectivity index (χ2n) is 11.2. The summed E-state index contributed by atoms with van der Waals surface area (Å²) >= 11 is 0. The molecule has 2 unspecified atom stereocenters. The minimum Gasteiger partial charge on any atom is -0.490 e. The van der Waals surface area contributed by atoms with Crippen molar-refractivity contribution in [3.63, 3.8) is 0 Å². The fraction of sp³-hybridized carbons (Fsp3) is 0.484. The number of nitrogens with zero attached hydrogens (tertiary/aromatic N) is 1. The number of carbonyl (C=O) groups excluding carboxylic acids is 1. The van der Waals surface area contributed by atoms with Crippen molar-refractivity contribution in [2.24, 2.45) is 10.7 Å². The predicted octanol–water partition coefficient (Wildman–Crippen LogP) is 5.64. The topological polar surface area (TPSA) is 98.0 Å². The summed E-state index contributed by atoms with van der Waals surface area (Å²) in [6.45, 7) is 14.8. The van der Waals surface area contributed by atoms with Crippen LogP contribution in [0.3, 0.4) is 0 Å².